The van der Waals surface area contributed by atoms with E-state index in [4.69, 9.17) is 0 Å². The predicted molar refractivity (Wildman–Crippen MR) is 94.9 cm³/mol. The number of nitrogens with one attached hydrogen (secondary N) is 1. The molecule has 2 aliphatic heterocycles. The topological polar surface area (TPSA) is 34.1 Å². The van der Waals surface area contributed by atoms with Gasteiger partial charge < -0.3 is 15.1 Å². The Balaban J connectivity index is 1.73. The maximum atomic E-state index is 12.8. The molecule has 0 saturated carbocycles. The lowest BCUT2D eigenvalue weighted by atomic mass is 10.2. The fourth-order valence-corrected chi connectivity index (χ4v) is 3.55. The number of piperazine rings is 1. The van der Waals surface area contributed by atoms with Crippen LogP contribution in [0.5, 0.6) is 0 Å². The first-order valence-electron chi connectivity index (χ1n) is 9.40. The first-order valence-corrected chi connectivity index (χ1v) is 9.40. The Bertz CT molecular complexity index is 411. The van der Waals surface area contributed by atoms with Gasteiger partial charge in [0.15, 0.2) is 5.96 Å². The van der Waals surface area contributed by atoms with Crippen LogP contribution in [0.3, 0.4) is 0 Å². The van der Waals surface area contributed by atoms with E-state index < -0.39 is 12.2 Å². The highest BCUT2D eigenvalue weighted by atomic mass is 19.4. The summed E-state index contributed by atoms with van der Waals surface area (Å²) in [5.41, 5.74) is 0. The van der Waals surface area contributed by atoms with E-state index >= 15 is 0 Å². The van der Waals surface area contributed by atoms with Gasteiger partial charge in [0.25, 0.3) is 0 Å². The highest BCUT2D eigenvalue weighted by Gasteiger charge is 2.41. The van der Waals surface area contributed by atoms with Crippen LogP contribution in [0.2, 0.25) is 0 Å². The molecule has 1 N–H and O–H groups in total. The second kappa shape index (κ2) is 9.62. The quantitative estimate of drug-likeness (QED) is 0.612. The summed E-state index contributed by atoms with van der Waals surface area (Å²) < 4.78 is 38.5. The Morgan fingerprint density at radius 2 is 1.60 bits per heavy atom. The first-order chi connectivity index (χ1) is 11.9. The fraction of sp³-hybridized carbons (Fsp3) is 0.941. The maximum Gasteiger partial charge on any atom is 0.403 e. The van der Waals surface area contributed by atoms with Crippen molar-refractivity contribution >= 4 is 5.96 Å². The van der Waals surface area contributed by atoms with E-state index in [1.54, 1.807) is 7.05 Å². The average Bonchev–Trinajstić information content (AvgIpc) is 2.86. The molecule has 8 heteroatoms. The van der Waals surface area contributed by atoms with Crippen molar-refractivity contribution in [3.63, 3.8) is 0 Å². The Morgan fingerprint density at radius 3 is 2.12 bits per heavy atom. The van der Waals surface area contributed by atoms with Gasteiger partial charge in [-0.3, -0.25) is 9.89 Å². The maximum absolute atomic E-state index is 12.8. The second-order valence-electron chi connectivity index (χ2n) is 6.97. The molecule has 5 nitrogen and oxygen atoms in total. The highest BCUT2D eigenvalue weighted by Crippen LogP contribution is 2.25. The average molecular weight is 363 g/mol. The second-order valence-corrected chi connectivity index (χ2v) is 6.97. The molecule has 2 fully saturated rings. The van der Waals surface area contributed by atoms with Crippen LogP contribution in [0.15, 0.2) is 4.99 Å². The van der Waals surface area contributed by atoms with Crippen LogP contribution >= 0.6 is 0 Å². The normalized spacial score (nSPS) is 23.4. The lowest BCUT2D eigenvalue weighted by Crippen LogP contribution is -2.57. The van der Waals surface area contributed by atoms with Crippen molar-refractivity contribution in [2.75, 3.05) is 59.4 Å². The van der Waals surface area contributed by atoms with Crippen LogP contribution in [-0.4, -0.2) is 92.3 Å². The summed E-state index contributed by atoms with van der Waals surface area (Å²) in [6.07, 6.45) is 1.04. The number of guanidine groups is 1. The van der Waals surface area contributed by atoms with Crippen molar-refractivity contribution in [1.82, 2.24) is 20.0 Å². The molecule has 0 spiro atoms. The molecule has 0 aromatic rings. The molecule has 0 aromatic heterocycles. The lowest BCUT2D eigenvalue weighted by Gasteiger charge is -2.39. The molecule has 0 amide bonds. The Hall–Kier alpha value is -1.02. The molecule has 0 aromatic carbocycles. The molecule has 0 aliphatic carbocycles. The lowest BCUT2D eigenvalue weighted by molar-refractivity contribution is -0.181. The van der Waals surface area contributed by atoms with Crippen molar-refractivity contribution in [1.29, 1.82) is 0 Å². The number of hydrogen-bond donors (Lipinski definition) is 1. The minimum Gasteiger partial charge on any atom is -0.355 e. The summed E-state index contributed by atoms with van der Waals surface area (Å²) in [5.74, 6) is 0.800. The van der Waals surface area contributed by atoms with Crippen molar-refractivity contribution in [2.24, 2.45) is 4.99 Å². The zero-order valence-electron chi connectivity index (χ0n) is 15.5. The third-order valence-electron chi connectivity index (χ3n) is 5.26. The van der Waals surface area contributed by atoms with Crippen LogP contribution in [0, 0.1) is 0 Å². The Kier molecular flexibility index (Phi) is 7.81. The monoisotopic (exact) mass is 363 g/mol. The van der Waals surface area contributed by atoms with Crippen LogP contribution in [0.1, 0.15) is 32.6 Å². The van der Waals surface area contributed by atoms with E-state index in [2.05, 4.69) is 20.1 Å². The molecule has 0 radical (unpaired) electrons. The van der Waals surface area contributed by atoms with Crippen LogP contribution in [0.4, 0.5) is 13.2 Å². The number of nitrogens with zero attached hydrogens (tertiary/aromatic N) is 4. The van der Waals surface area contributed by atoms with Gasteiger partial charge in [-0.2, -0.15) is 13.2 Å². The minimum absolute atomic E-state index is 0.410. The summed E-state index contributed by atoms with van der Waals surface area (Å²) >= 11 is 0. The summed E-state index contributed by atoms with van der Waals surface area (Å²) in [6.45, 7) is 7.34. The van der Waals surface area contributed by atoms with Gasteiger partial charge in [0.05, 0.1) is 0 Å². The molecule has 2 saturated heterocycles. The zero-order valence-corrected chi connectivity index (χ0v) is 15.5. The minimum atomic E-state index is -4.16. The largest absolute Gasteiger partial charge is 0.403 e. The molecule has 1 unspecified atom stereocenters. The highest BCUT2D eigenvalue weighted by molar-refractivity contribution is 5.80. The molecule has 146 valence electrons. The van der Waals surface area contributed by atoms with Crippen LogP contribution in [0.25, 0.3) is 0 Å². The third-order valence-corrected chi connectivity index (χ3v) is 5.26. The smallest absolute Gasteiger partial charge is 0.355 e. The molecule has 25 heavy (non-hydrogen) atoms. The SMILES string of the molecule is CN=C(NCCN1CCCCCC1)N1CCN(C(C)C(F)(F)F)CC1. The van der Waals surface area contributed by atoms with E-state index in [9.17, 15) is 13.2 Å². The third kappa shape index (κ3) is 6.33. The van der Waals surface area contributed by atoms with E-state index in [-0.39, 0.29) is 0 Å². The summed E-state index contributed by atoms with van der Waals surface area (Å²) in [6, 6.07) is -1.38. The van der Waals surface area contributed by atoms with E-state index in [0.717, 1.165) is 32.1 Å². The Morgan fingerprint density at radius 1 is 1.00 bits per heavy atom. The van der Waals surface area contributed by atoms with E-state index in [0.29, 0.717) is 26.2 Å². The molecular formula is C17H32F3N5. The molecule has 2 rings (SSSR count). The van der Waals surface area contributed by atoms with E-state index in [1.165, 1.54) is 37.5 Å². The van der Waals surface area contributed by atoms with Gasteiger partial charge in [0, 0.05) is 46.3 Å². The molecule has 1 atom stereocenters. The van der Waals surface area contributed by atoms with Gasteiger partial charge in [0.2, 0.25) is 0 Å². The van der Waals surface area contributed by atoms with Gasteiger partial charge in [-0.05, 0) is 32.9 Å². The van der Waals surface area contributed by atoms with Crippen molar-refractivity contribution in [3.8, 4) is 0 Å². The fourth-order valence-electron chi connectivity index (χ4n) is 3.55. The standard InChI is InChI=1S/C17H32F3N5/c1-15(17(18,19)20)24-11-13-25(14-12-24)16(21-2)22-7-10-23-8-5-3-4-6-9-23/h15H,3-14H2,1-2H3,(H,21,22). The number of aliphatic imine (C=N–C) groups is 1. The van der Waals surface area contributed by atoms with Crippen LogP contribution in [-0.2, 0) is 0 Å². The van der Waals surface area contributed by atoms with E-state index in [1.807, 2.05) is 0 Å². The molecule has 0 bridgehead atoms. The number of hydrogen-bond acceptors (Lipinski definition) is 3. The summed E-state index contributed by atoms with van der Waals surface area (Å²) in [4.78, 5) is 10.3. The predicted octanol–water partition coefficient (Wildman–Crippen LogP) is 2.01. The van der Waals surface area contributed by atoms with Crippen molar-refractivity contribution < 1.29 is 13.2 Å². The molecule has 2 aliphatic rings. The van der Waals surface area contributed by atoms with Crippen molar-refractivity contribution in [3.05, 3.63) is 0 Å². The number of halogens is 3. The van der Waals surface area contributed by atoms with Gasteiger partial charge in [-0.25, -0.2) is 0 Å². The number of likely N-dealkylation sites (tertiary alicyclic amines) is 1. The van der Waals surface area contributed by atoms with Gasteiger partial charge in [-0.1, -0.05) is 12.8 Å². The molecular weight excluding hydrogens is 331 g/mol. The van der Waals surface area contributed by atoms with Crippen molar-refractivity contribution in [2.45, 2.75) is 44.8 Å². The number of rotatable bonds is 4. The van der Waals surface area contributed by atoms with Gasteiger partial charge >= 0.3 is 6.18 Å². The Labute approximate surface area is 149 Å². The summed E-state index contributed by atoms with van der Waals surface area (Å²) in [7, 11) is 1.74. The molecule has 2 heterocycles. The van der Waals surface area contributed by atoms with Crippen LogP contribution < -0.4 is 5.32 Å². The number of alkyl halides is 3. The zero-order chi connectivity index (χ0) is 18.3. The first kappa shape index (κ1) is 20.3. The van der Waals surface area contributed by atoms with Gasteiger partial charge in [-0.15, -0.1) is 0 Å². The summed E-state index contributed by atoms with van der Waals surface area (Å²) in [5, 5.41) is 3.37. The van der Waals surface area contributed by atoms with Gasteiger partial charge in [0.1, 0.15) is 6.04 Å².